The minimum absolute atomic E-state index is 0.297. The van der Waals surface area contributed by atoms with E-state index >= 15 is 4.39 Å². The smallest absolute Gasteiger partial charge is 0.165 e. The van der Waals surface area contributed by atoms with E-state index < -0.39 is 0 Å². The van der Waals surface area contributed by atoms with Crippen LogP contribution in [0.5, 0.6) is 0 Å². The van der Waals surface area contributed by atoms with Crippen LogP contribution in [-0.2, 0) is 11.3 Å². The Kier molecular flexibility index (Phi) is 5.46. The number of nitrogens with one attached hydrogen (secondary N) is 1. The van der Waals surface area contributed by atoms with Crippen LogP contribution < -0.4 is 4.90 Å². The number of hydrogen-bond acceptors (Lipinski definition) is 7. The first kappa shape index (κ1) is 21.7. The van der Waals surface area contributed by atoms with Crippen LogP contribution in [0.2, 0.25) is 0 Å². The van der Waals surface area contributed by atoms with Gasteiger partial charge in [0.05, 0.1) is 29.0 Å². The third-order valence-electron chi connectivity index (χ3n) is 7.67. The topological polar surface area (TPSA) is 60.5 Å². The fourth-order valence-corrected chi connectivity index (χ4v) is 7.05. The summed E-state index contributed by atoms with van der Waals surface area (Å²) >= 11 is 1.79. The Morgan fingerprint density at radius 3 is 2.91 bits per heavy atom. The highest BCUT2D eigenvalue weighted by Gasteiger charge is 2.31. The number of ether oxygens (including phenoxy) is 1. The fraction of sp³-hybridized carbons (Fsp3) is 0.462. The monoisotopic (exact) mass is 492 g/mol. The lowest BCUT2D eigenvalue weighted by Crippen LogP contribution is -2.49. The van der Waals surface area contributed by atoms with Gasteiger partial charge in [-0.3, -0.25) is 9.80 Å². The standard InChI is InChI=1S/C26H29FN6OS/c27-20-3-4-21-19(5-6-28-21)23(20)25-29-22-14-18(16-31-8-9-32-7-1-2-17(32)15-31)35-24(22)26(30-25)33-10-12-34-13-11-33/h3-6,14,17,28H,1-2,7-13,15-16H2/t17-/m0/s1. The summed E-state index contributed by atoms with van der Waals surface area (Å²) in [7, 11) is 0. The van der Waals surface area contributed by atoms with Crippen LogP contribution in [0.25, 0.3) is 32.5 Å². The fourth-order valence-electron chi connectivity index (χ4n) is 5.90. The summed E-state index contributed by atoms with van der Waals surface area (Å²) in [5, 5.41) is 0.808. The SMILES string of the molecule is Fc1ccc2[nH]ccc2c1-c1nc(N2CCOCC2)c2sc(CN3CCN4CCC[C@H]4C3)cc2n1. The van der Waals surface area contributed by atoms with Gasteiger partial charge in [-0.05, 0) is 43.7 Å². The second-order valence-electron chi connectivity index (χ2n) is 9.83. The zero-order valence-electron chi connectivity index (χ0n) is 19.7. The van der Waals surface area contributed by atoms with Crippen molar-refractivity contribution in [3.05, 3.63) is 41.2 Å². The maximum Gasteiger partial charge on any atom is 0.165 e. The Labute approximate surface area is 207 Å². The summed E-state index contributed by atoms with van der Waals surface area (Å²) < 4.78 is 21.8. The number of rotatable bonds is 4. The quantitative estimate of drug-likeness (QED) is 0.463. The predicted octanol–water partition coefficient (Wildman–Crippen LogP) is 4.10. The van der Waals surface area contributed by atoms with E-state index in [1.807, 2.05) is 12.3 Å². The molecule has 182 valence electrons. The van der Waals surface area contributed by atoms with Gasteiger partial charge in [-0.25, -0.2) is 14.4 Å². The van der Waals surface area contributed by atoms with Crippen molar-refractivity contribution < 1.29 is 9.13 Å². The predicted molar refractivity (Wildman–Crippen MR) is 138 cm³/mol. The van der Waals surface area contributed by atoms with Crippen molar-refractivity contribution in [2.75, 3.05) is 57.4 Å². The van der Waals surface area contributed by atoms with E-state index in [9.17, 15) is 0 Å². The molecule has 3 aliphatic rings. The molecule has 1 atom stereocenters. The second kappa shape index (κ2) is 8.81. The van der Waals surface area contributed by atoms with Gasteiger partial charge in [0.15, 0.2) is 11.6 Å². The molecule has 0 radical (unpaired) electrons. The first-order valence-electron chi connectivity index (χ1n) is 12.6. The van der Waals surface area contributed by atoms with Gasteiger partial charge in [0.25, 0.3) is 0 Å². The number of hydrogen-bond donors (Lipinski definition) is 1. The molecular weight excluding hydrogens is 463 g/mol. The molecule has 0 unspecified atom stereocenters. The van der Waals surface area contributed by atoms with Crippen molar-refractivity contribution >= 4 is 38.3 Å². The molecule has 6 heterocycles. The molecule has 3 aromatic heterocycles. The number of morpholine rings is 1. The number of benzene rings is 1. The maximum absolute atomic E-state index is 15.1. The van der Waals surface area contributed by atoms with Crippen LogP contribution in [0, 0.1) is 5.82 Å². The lowest BCUT2D eigenvalue weighted by molar-refractivity contribution is 0.100. The molecule has 7 nitrogen and oxygen atoms in total. The van der Waals surface area contributed by atoms with Gasteiger partial charge in [-0.15, -0.1) is 11.3 Å². The summed E-state index contributed by atoms with van der Waals surface area (Å²) in [6.45, 7) is 8.51. The first-order chi connectivity index (χ1) is 17.2. The molecule has 3 saturated heterocycles. The molecule has 35 heavy (non-hydrogen) atoms. The Bertz CT molecular complexity index is 1380. The van der Waals surface area contributed by atoms with Gasteiger partial charge in [-0.1, -0.05) is 0 Å². The molecule has 0 aliphatic carbocycles. The van der Waals surface area contributed by atoms with Gasteiger partial charge in [-0.2, -0.15) is 0 Å². The third kappa shape index (κ3) is 3.91. The van der Waals surface area contributed by atoms with E-state index in [1.165, 1.54) is 36.9 Å². The zero-order valence-corrected chi connectivity index (χ0v) is 20.5. The molecule has 1 aromatic carbocycles. The van der Waals surface area contributed by atoms with Crippen molar-refractivity contribution in [3.8, 4) is 11.4 Å². The molecule has 9 heteroatoms. The van der Waals surface area contributed by atoms with Crippen molar-refractivity contribution in [3.63, 3.8) is 0 Å². The third-order valence-corrected chi connectivity index (χ3v) is 8.78. The number of fused-ring (bicyclic) bond motifs is 3. The van der Waals surface area contributed by atoms with Crippen LogP contribution in [0.4, 0.5) is 10.2 Å². The minimum atomic E-state index is -0.297. The minimum Gasteiger partial charge on any atom is -0.378 e. The molecule has 0 saturated carbocycles. The summed E-state index contributed by atoms with van der Waals surface area (Å²) in [6.07, 6.45) is 4.48. The number of anilines is 1. The van der Waals surface area contributed by atoms with Crippen molar-refractivity contribution in [1.82, 2.24) is 24.8 Å². The number of piperazine rings is 1. The van der Waals surface area contributed by atoms with E-state index in [2.05, 4.69) is 25.8 Å². The van der Waals surface area contributed by atoms with Crippen molar-refractivity contribution in [1.29, 1.82) is 0 Å². The Hall–Kier alpha value is -2.59. The van der Waals surface area contributed by atoms with Gasteiger partial charge in [0.2, 0.25) is 0 Å². The number of nitrogens with zero attached hydrogens (tertiary/aromatic N) is 5. The average molecular weight is 493 g/mol. The summed E-state index contributed by atoms with van der Waals surface area (Å²) in [5.74, 6) is 1.05. The van der Waals surface area contributed by atoms with Crippen LogP contribution in [-0.4, -0.2) is 83.3 Å². The van der Waals surface area contributed by atoms with Gasteiger partial charge >= 0.3 is 0 Å². The summed E-state index contributed by atoms with van der Waals surface area (Å²) in [5.41, 5.74) is 2.25. The van der Waals surface area contributed by atoms with Gasteiger partial charge in [0.1, 0.15) is 5.82 Å². The number of aromatic amines is 1. The maximum atomic E-state index is 15.1. The Balaban J connectivity index is 1.30. The lowest BCUT2D eigenvalue weighted by Gasteiger charge is -2.37. The molecular formula is C26H29FN6OS. The van der Waals surface area contributed by atoms with Crippen LogP contribution in [0.1, 0.15) is 17.7 Å². The van der Waals surface area contributed by atoms with Crippen molar-refractivity contribution in [2.45, 2.75) is 25.4 Å². The van der Waals surface area contributed by atoms with E-state index in [0.717, 1.165) is 59.7 Å². The number of thiophene rings is 1. The van der Waals surface area contributed by atoms with Gasteiger partial charge in [0, 0.05) is 67.3 Å². The van der Waals surface area contributed by atoms with E-state index in [4.69, 9.17) is 14.7 Å². The van der Waals surface area contributed by atoms with Crippen LogP contribution in [0.15, 0.2) is 30.5 Å². The van der Waals surface area contributed by atoms with E-state index in [-0.39, 0.29) is 5.82 Å². The Morgan fingerprint density at radius 1 is 1.09 bits per heavy atom. The van der Waals surface area contributed by atoms with Crippen LogP contribution >= 0.6 is 11.3 Å². The molecule has 0 spiro atoms. The Morgan fingerprint density at radius 2 is 2.00 bits per heavy atom. The zero-order chi connectivity index (χ0) is 23.4. The van der Waals surface area contributed by atoms with E-state index in [1.54, 1.807) is 17.4 Å². The second-order valence-corrected chi connectivity index (χ2v) is 11.0. The summed E-state index contributed by atoms with van der Waals surface area (Å²) in [6, 6.07) is 8.07. The molecule has 7 rings (SSSR count). The molecule has 1 N–H and O–H groups in total. The number of aromatic nitrogens is 3. The van der Waals surface area contributed by atoms with Gasteiger partial charge < -0.3 is 14.6 Å². The molecule has 3 aliphatic heterocycles. The summed E-state index contributed by atoms with van der Waals surface area (Å²) in [4.78, 5) is 21.9. The number of H-pyrrole nitrogens is 1. The first-order valence-corrected chi connectivity index (χ1v) is 13.4. The average Bonchev–Trinajstić information content (AvgIpc) is 3.63. The largest absolute Gasteiger partial charge is 0.378 e. The van der Waals surface area contributed by atoms with E-state index in [0.29, 0.717) is 30.6 Å². The van der Waals surface area contributed by atoms with Crippen LogP contribution in [0.3, 0.4) is 0 Å². The molecule has 0 bridgehead atoms. The number of halogens is 1. The highest BCUT2D eigenvalue weighted by molar-refractivity contribution is 7.19. The van der Waals surface area contributed by atoms with Crippen molar-refractivity contribution in [2.24, 2.45) is 0 Å². The highest BCUT2D eigenvalue weighted by Crippen LogP contribution is 2.37. The molecule has 4 aromatic rings. The molecule has 0 amide bonds. The molecule has 3 fully saturated rings. The normalized spacial score (nSPS) is 21.9. The lowest BCUT2D eigenvalue weighted by atomic mass is 10.1. The highest BCUT2D eigenvalue weighted by atomic mass is 32.1.